The van der Waals surface area contributed by atoms with Crippen LogP contribution < -0.4 is 5.32 Å². The molecule has 3 aromatic heterocycles. The van der Waals surface area contributed by atoms with Gasteiger partial charge in [0.1, 0.15) is 16.9 Å². The fourth-order valence-corrected chi connectivity index (χ4v) is 3.81. The molecule has 0 aromatic carbocycles. The van der Waals surface area contributed by atoms with E-state index in [9.17, 15) is 22.0 Å². The van der Waals surface area contributed by atoms with Gasteiger partial charge >= 0.3 is 6.09 Å². The van der Waals surface area contributed by atoms with Crippen molar-refractivity contribution in [2.24, 2.45) is 0 Å². The van der Waals surface area contributed by atoms with E-state index in [0.717, 1.165) is 24.9 Å². The number of carboxylic acid groups (broad SMARTS) is 1. The van der Waals surface area contributed by atoms with Crippen LogP contribution in [0.25, 0.3) is 11.3 Å². The Bertz CT molecular complexity index is 1080. The van der Waals surface area contributed by atoms with Gasteiger partial charge in [-0.1, -0.05) is 0 Å². The van der Waals surface area contributed by atoms with E-state index in [2.05, 4.69) is 10.3 Å². The van der Waals surface area contributed by atoms with Crippen molar-refractivity contribution in [1.82, 2.24) is 14.3 Å². The predicted octanol–water partition coefficient (Wildman–Crippen LogP) is 2.47. The summed E-state index contributed by atoms with van der Waals surface area (Å²) in [5.74, 6) is -2.03. The van der Waals surface area contributed by atoms with E-state index >= 15 is 0 Å². The van der Waals surface area contributed by atoms with Gasteiger partial charge in [-0.2, -0.15) is 4.39 Å². The first kappa shape index (κ1) is 18.6. The monoisotopic (exact) mass is 397 g/mol. The van der Waals surface area contributed by atoms with Crippen LogP contribution in [0, 0.1) is 11.8 Å². The van der Waals surface area contributed by atoms with Crippen molar-refractivity contribution in [3.05, 3.63) is 60.4 Å². The molecule has 0 fully saturated rings. The largest absolute Gasteiger partial charge is 0.471 e. The first-order valence-corrected chi connectivity index (χ1v) is 9.01. The number of hydrogen-bond acceptors (Lipinski definition) is 5. The van der Waals surface area contributed by atoms with Gasteiger partial charge in [0.15, 0.2) is 5.82 Å². The SMILES string of the molecule is O=C(O)NCCc1cn(S(=O)(=O)c2ccoc2)c(-c2cccnc2F)c1F. The molecule has 142 valence electrons. The quantitative estimate of drug-likeness (QED) is 0.618. The Balaban J connectivity index is 2.16. The second kappa shape index (κ2) is 7.19. The highest BCUT2D eigenvalue weighted by molar-refractivity contribution is 7.90. The number of carbonyl (C=O) groups is 1. The topological polar surface area (TPSA) is 114 Å². The molecule has 27 heavy (non-hydrogen) atoms. The average Bonchev–Trinajstić information content (AvgIpc) is 3.25. The molecule has 0 aliphatic carbocycles. The molecule has 0 spiro atoms. The average molecular weight is 397 g/mol. The highest BCUT2D eigenvalue weighted by Crippen LogP contribution is 2.32. The zero-order valence-electron chi connectivity index (χ0n) is 13.6. The number of nitrogens with zero attached hydrogens (tertiary/aromatic N) is 2. The summed E-state index contributed by atoms with van der Waals surface area (Å²) in [6, 6.07) is 3.70. The van der Waals surface area contributed by atoms with E-state index in [1.807, 2.05) is 0 Å². The molecule has 0 saturated carbocycles. The van der Waals surface area contributed by atoms with Crippen LogP contribution in [0.2, 0.25) is 0 Å². The third-order valence-corrected chi connectivity index (χ3v) is 5.35. The summed E-state index contributed by atoms with van der Waals surface area (Å²) < 4.78 is 60.2. The van der Waals surface area contributed by atoms with Crippen molar-refractivity contribution in [3.63, 3.8) is 0 Å². The molecule has 0 saturated heterocycles. The highest BCUT2D eigenvalue weighted by atomic mass is 32.2. The number of aromatic nitrogens is 2. The highest BCUT2D eigenvalue weighted by Gasteiger charge is 2.28. The third kappa shape index (κ3) is 3.53. The van der Waals surface area contributed by atoms with Crippen molar-refractivity contribution < 1.29 is 31.5 Å². The number of amides is 1. The number of furan rings is 1. The molecule has 0 aliphatic heterocycles. The van der Waals surface area contributed by atoms with Crippen LogP contribution in [0.5, 0.6) is 0 Å². The lowest BCUT2D eigenvalue weighted by Crippen LogP contribution is -2.23. The van der Waals surface area contributed by atoms with E-state index in [1.54, 1.807) is 0 Å². The Kier molecular flexibility index (Phi) is 4.95. The second-order valence-corrected chi connectivity index (χ2v) is 7.22. The Morgan fingerprint density at radius 2 is 2.11 bits per heavy atom. The van der Waals surface area contributed by atoms with Crippen molar-refractivity contribution in [2.75, 3.05) is 6.54 Å². The van der Waals surface area contributed by atoms with Crippen LogP contribution >= 0.6 is 0 Å². The van der Waals surface area contributed by atoms with Gasteiger partial charge in [-0.3, -0.25) is 0 Å². The molecule has 2 N–H and O–H groups in total. The molecule has 0 radical (unpaired) electrons. The standard InChI is InChI=1S/C16H13F2N3O5S/c17-13-10(3-6-20-16(22)23)8-21(27(24,25)11-4-7-26-9-11)14(13)12-2-1-5-19-15(12)18/h1-2,4-5,7-9,20H,3,6H2,(H,22,23). The third-order valence-electron chi connectivity index (χ3n) is 3.72. The van der Waals surface area contributed by atoms with Gasteiger partial charge in [-0.05, 0) is 24.6 Å². The molecule has 11 heteroatoms. The maximum absolute atomic E-state index is 15.0. The van der Waals surface area contributed by atoms with Crippen LogP contribution in [-0.4, -0.2) is 35.1 Å². The van der Waals surface area contributed by atoms with Crippen LogP contribution in [0.1, 0.15) is 5.56 Å². The number of halogens is 2. The molecule has 8 nitrogen and oxygen atoms in total. The van der Waals surface area contributed by atoms with Crippen LogP contribution in [0.4, 0.5) is 13.6 Å². The van der Waals surface area contributed by atoms with Crippen LogP contribution in [0.3, 0.4) is 0 Å². The minimum absolute atomic E-state index is 0.103. The molecule has 1 amide bonds. The van der Waals surface area contributed by atoms with Gasteiger partial charge in [0.05, 0.1) is 11.8 Å². The van der Waals surface area contributed by atoms with Gasteiger partial charge in [-0.25, -0.2) is 26.6 Å². The minimum atomic E-state index is -4.28. The van der Waals surface area contributed by atoms with Gasteiger partial charge in [0.25, 0.3) is 10.0 Å². The lowest BCUT2D eigenvalue weighted by molar-refractivity contribution is 0.194. The zero-order valence-corrected chi connectivity index (χ0v) is 14.4. The molecule has 0 unspecified atom stereocenters. The molecule has 3 rings (SSSR count). The Morgan fingerprint density at radius 3 is 2.74 bits per heavy atom. The van der Waals surface area contributed by atoms with Crippen LogP contribution in [0.15, 0.2) is 52.4 Å². The summed E-state index contributed by atoms with van der Waals surface area (Å²) in [7, 11) is -4.28. The summed E-state index contributed by atoms with van der Waals surface area (Å²) in [4.78, 5) is 13.7. The molecule has 3 aromatic rings. The Morgan fingerprint density at radius 1 is 1.33 bits per heavy atom. The Labute approximate surface area is 152 Å². The first-order valence-electron chi connectivity index (χ1n) is 7.57. The summed E-state index contributed by atoms with van der Waals surface area (Å²) in [6.07, 6.45) is 2.78. The van der Waals surface area contributed by atoms with Crippen molar-refractivity contribution >= 4 is 16.1 Å². The lowest BCUT2D eigenvalue weighted by Gasteiger charge is -2.09. The maximum Gasteiger partial charge on any atom is 0.404 e. The van der Waals surface area contributed by atoms with E-state index in [4.69, 9.17) is 9.52 Å². The summed E-state index contributed by atoms with van der Waals surface area (Å²) in [5.41, 5.74) is -0.985. The summed E-state index contributed by atoms with van der Waals surface area (Å²) in [6.45, 7) is -0.156. The van der Waals surface area contributed by atoms with E-state index in [0.29, 0.717) is 3.97 Å². The van der Waals surface area contributed by atoms with Gasteiger partial charge in [0, 0.05) is 24.5 Å². The molecular weight excluding hydrogens is 384 g/mol. The molecule has 3 heterocycles. The lowest BCUT2D eigenvalue weighted by atomic mass is 10.1. The Hall–Kier alpha value is -3.21. The number of rotatable bonds is 6. The van der Waals surface area contributed by atoms with E-state index in [-0.39, 0.29) is 29.0 Å². The normalized spacial score (nSPS) is 11.5. The summed E-state index contributed by atoms with van der Waals surface area (Å²) >= 11 is 0. The fraction of sp³-hybridized carbons (Fsp3) is 0.125. The van der Waals surface area contributed by atoms with Gasteiger partial charge in [0.2, 0.25) is 5.95 Å². The van der Waals surface area contributed by atoms with Crippen molar-refractivity contribution in [3.8, 4) is 11.3 Å². The zero-order chi connectivity index (χ0) is 19.6. The number of pyridine rings is 1. The van der Waals surface area contributed by atoms with Gasteiger partial charge in [-0.15, -0.1) is 0 Å². The maximum atomic E-state index is 15.0. The first-order chi connectivity index (χ1) is 12.8. The van der Waals surface area contributed by atoms with Crippen molar-refractivity contribution in [1.29, 1.82) is 0 Å². The van der Waals surface area contributed by atoms with E-state index in [1.165, 1.54) is 18.2 Å². The number of nitrogens with one attached hydrogen (secondary N) is 1. The predicted molar refractivity (Wildman–Crippen MR) is 88.6 cm³/mol. The number of hydrogen-bond donors (Lipinski definition) is 2. The second-order valence-electron chi connectivity index (χ2n) is 5.40. The molecular formula is C16H13F2N3O5S. The fourth-order valence-electron chi connectivity index (χ4n) is 2.49. The molecule has 0 atom stereocenters. The van der Waals surface area contributed by atoms with Crippen molar-refractivity contribution in [2.45, 2.75) is 11.3 Å². The molecule has 0 bridgehead atoms. The molecule has 0 aliphatic rings. The van der Waals surface area contributed by atoms with Gasteiger partial charge < -0.3 is 14.8 Å². The minimum Gasteiger partial charge on any atom is -0.471 e. The van der Waals surface area contributed by atoms with Crippen LogP contribution in [-0.2, 0) is 16.4 Å². The smallest absolute Gasteiger partial charge is 0.404 e. The summed E-state index contributed by atoms with van der Waals surface area (Å²) in [5, 5.41) is 10.7. The van der Waals surface area contributed by atoms with E-state index < -0.39 is 33.6 Å².